The first-order chi connectivity index (χ1) is 15.6. The van der Waals surface area contributed by atoms with Crippen LogP contribution in [0.5, 0.6) is 0 Å². The van der Waals surface area contributed by atoms with Gasteiger partial charge >= 0.3 is 0 Å². The van der Waals surface area contributed by atoms with Gasteiger partial charge in [0, 0.05) is 16.0 Å². The van der Waals surface area contributed by atoms with Gasteiger partial charge in [0.2, 0.25) is 0 Å². The fraction of sp³-hybridized carbons (Fsp3) is 0.333. The fourth-order valence-corrected chi connectivity index (χ4v) is 3.64. The second-order valence-corrected chi connectivity index (χ2v) is 9.46. The number of aryl methyl sites for hydroxylation is 3. The summed E-state index contributed by atoms with van der Waals surface area (Å²) in [6.45, 7) is 0. The first-order valence-electron chi connectivity index (χ1n) is 10.8. The maximum Gasteiger partial charge on any atom is 0.126 e. The lowest BCUT2D eigenvalue weighted by molar-refractivity contribution is 0.608. The number of halogens is 5. The van der Waals surface area contributed by atoms with Crippen molar-refractivity contribution in [3.63, 3.8) is 0 Å². The normalized spacial score (nSPS) is 9.91. The molecule has 0 N–H and O–H groups in total. The van der Waals surface area contributed by atoms with Crippen molar-refractivity contribution in [1.29, 1.82) is 0 Å². The van der Waals surface area contributed by atoms with E-state index in [2.05, 4.69) is 78.1 Å². The largest absolute Gasteiger partial charge is 0.207 e. The molecule has 0 aliphatic carbocycles. The minimum absolute atomic E-state index is 0.0894. The molecule has 0 bridgehead atoms. The van der Waals surface area contributed by atoms with Gasteiger partial charge in [0.05, 0.1) is 0 Å². The molecule has 0 unspecified atom stereocenters. The van der Waals surface area contributed by atoms with Crippen LogP contribution in [-0.2, 0) is 19.3 Å². The van der Waals surface area contributed by atoms with Crippen molar-refractivity contribution < 1.29 is 8.78 Å². The standard InChI is InChI=1S/2C9H10BrF.C9H11Br/c10-7-1-2-8-3-5-9(11)6-4-8;10-7-3-5-8-4-1-2-6-9(8)11;10-8-4-7-9-5-2-1-3-6-9/h3-6H,1-2,7H2;1-2,4,6H,3,5,7H2;1-3,5-6H,4,7-8H2. The molecule has 0 amide bonds. The minimum atomic E-state index is -0.160. The highest BCUT2D eigenvalue weighted by molar-refractivity contribution is 9.09. The number of alkyl halides is 3. The van der Waals surface area contributed by atoms with Gasteiger partial charge in [0.25, 0.3) is 0 Å². The van der Waals surface area contributed by atoms with Crippen LogP contribution >= 0.6 is 47.8 Å². The molecule has 3 aromatic carbocycles. The highest BCUT2D eigenvalue weighted by Gasteiger charge is 1.98. The molecule has 0 atom stereocenters. The molecule has 3 aromatic rings. The van der Waals surface area contributed by atoms with Crippen molar-refractivity contribution >= 4 is 47.8 Å². The van der Waals surface area contributed by atoms with Gasteiger partial charge in [0.1, 0.15) is 11.6 Å². The summed E-state index contributed by atoms with van der Waals surface area (Å²) in [7, 11) is 0. The van der Waals surface area contributed by atoms with Crippen LogP contribution in [0.1, 0.15) is 36.0 Å². The average Bonchev–Trinajstić information content (AvgIpc) is 2.83. The number of rotatable bonds is 9. The van der Waals surface area contributed by atoms with Crippen LogP contribution in [0.15, 0.2) is 78.9 Å². The Hall–Kier alpha value is -1.04. The summed E-state index contributed by atoms with van der Waals surface area (Å²) in [5.41, 5.74) is 3.44. The van der Waals surface area contributed by atoms with Gasteiger partial charge in [-0.3, -0.25) is 0 Å². The maximum absolute atomic E-state index is 12.9. The van der Waals surface area contributed by atoms with Crippen LogP contribution in [0.2, 0.25) is 0 Å². The van der Waals surface area contributed by atoms with Crippen molar-refractivity contribution in [3.8, 4) is 0 Å². The molecule has 0 saturated carbocycles. The van der Waals surface area contributed by atoms with Crippen molar-refractivity contribution in [2.45, 2.75) is 38.5 Å². The van der Waals surface area contributed by atoms with Crippen LogP contribution in [0.4, 0.5) is 8.78 Å². The molecule has 0 spiro atoms. The lowest BCUT2D eigenvalue weighted by atomic mass is 10.1. The third kappa shape index (κ3) is 14.2. The Morgan fingerprint density at radius 1 is 0.500 bits per heavy atom. The molecule has 0 saturated heterocycles. The Balaban J connectivity index is 0.000000240. The first kappa shape index (κ1) is 29.0. The van der Waals surface area contributed by atoms with Crippen molar-refractivity contribution in [2.75, 3.05) is 16.0 Å². The van der Waals surface area contributed by atoms with Gasteiger partial charge in [-0.1, -0.05) is 108 Å². The summed E-state index contributed by atoms with van der Waals surface area (Å²) in [5, 5.41) is 3.04. The molecule has 3 rings (SSSR count). The van der Waals surface area contributed by atoms with E-state index in [1.807, 2.05) is 24.3 Å². The van der Waals surface area contributed by atoms with Crippen molar-refractivity contribution in [3.05, 3.63) is 107 Å². The molecule has 5 heteroatoms. The second kappa shape index (κ2) is 19.4. The number of hydrogen-bond donors (Lipinski definition) is 0. The van der Waals surface area contributed by atoms with Crippen molar-refractivity contribution in [1.82, 2.24) is 0 Å². The topological polar surface area (TPSA) is 0 Å². The third-order valence-corrected chi connectivity index (χ3v) is 6.17. The van der Waals surface area contributed by atoms with Crippen molar-refractivity contribution in [2.24, 2.45) is 0 Å². The molecule has 0 aromatic heterocycles. The Labute approximate surface area is 217 Å². The summed E-state index contributed by atoms with van der Waals surface area (Å²) in [6, 6.07) is 24.2. The maximum atomic E-state index is 12.9. The Morgan fingerprint density at radius 2 is 0.969 bits per heavy atom. The molecule has 0 radical (unpaired) electrons. The van der Waals surface area contributed by atoms with E-state index in [0.29, 0.717) is 0 Å². The SMILES string of the molecule is BrCCCc1ccccc1.Fc1ccc(CCCBr)cc1.Fc1ccccc1CCCBr. The van der Waals surface area contributed by atoms with E-state index in [0.717, 1.165) is 47.2 Å². The number of hydrogen-bond acceptors (Lipinski definition) is 0. The van der Waals surface area contributed by atoms with Gasteiger partial charge < -0.3 is 0 Å². The first-order valence-corrected chi connectivity index (χ1v) is 14.2. The minimum Gasteiger partial charge on any atom is -0.207 e. The lowest BCUT2D eigenvalue weighted by Crippen LogP contribution is -1.89. The Bertz CT molecular complexity index is 824. The van der Waals surface area contributed by atoms with Gasteiger partial charge in [-0.25, -0.2) is 8.78 Å². The Kier molecular flexibility index (Phi) is 17.6. The molecule has 0 aliphatic heterocycles. The van der Waals surface area contributed by atoms with Crippen LogP contribution < -0.4 is 0 Å². The average molecular weight is 633 g/mol. The highest BCUT2D eigenvalue weighted by atomic mass is 79.9. The van der Waals surface area contributed by atoms with Crippen LogP contribution in [0.3, 0.4) is 0 Å². The molecule has 0 heterocycles. The molecule has 174 valence electrons. The van der Waals surface area contributed by atoms with E-state index in [4.69, 9.17) is 0 Å². The van der Waals surface area contributed by atoms with E-state index in [1.165, 1.54) is 42.2 Å². The third-order valence-electron chi connectivity index (χ3n) is 4.49. The molecule has 32 heavy (non-hydrogen) atoms. The quantitative estimate of drug-likeness (QED) is 0.206. The monoisotopic (exact) mass is 630 g/mol. The van der Waals surface area contributed by atoms with E-state index < -0.39 is 0 Å². The zero-order valence-corrected chi connectivity index (χ0v) is 23.0. The van der Waals surface area contributed by atoms with Crippen LogP contribution in [0, 0.1) is 11.6 Å². The van der Waals surface area contributed by atoms with Crippen LogP contribution in [0.25, 0.3) is 0 Å². The van der Waals surface area contributed by atoms with Gasteiger partial charge in [-0.2, -0.15) is 0 Å². The van der Waals surface area contributed by atoms with E-state index in [1.54, 1.807) is 6.07 Å². The van der Waals surface area contributed by atoms with E-state index in [9.17, 15) is 8.78 Å². The van der Waals surface area contributed by atoms with E-state index >= 15 is 0 Å². The molecule has 0 fully saturated rings. The summed E-state index contributed by atoms with van der Waals surface area (Å²) in [4.78, 5) is 0. The van der Waals surface area contributed by atoms with Gasteiger partial charge in [-0.15, -0.1) is 0 Å². The molecular weight excluding hydrogens is 602 g/mol. The summed E-state index contributed by atoms with van der Waals surface area (Å²) >= 11 is 10.1. The summed E-state index contributed by atoms with van der Waals surface area (Å²) in [5.74, 6) is -0.249. The summed E-state index contributed by atoms with van der Waals surface area (Å²) in [6.07, 6.45) is 6.34. The zero-order chi connectivity index (χ0) is 23.4. The molecule has 0 aliphatic rings. The fourth-order valence-electron chi connectivity index (χ4n) is 2.80. The predicted molar refractivity (Wildman–Crippen MR) is 146 cm³/mol. The lowest BCUT2D eigenvalue weighted by Gasteiger charge is -1.99. The van der Waals surface area contributed by atoms with E-state index in [-0.39, 0.29) is 11.6 Å². The molecule has 0 nitrogen and oxygen atoms in total. The summed E-state index contributed by atoms with van der Waals surface area (Å²) < 4.78 is 25.3. The smallest absolute Gasteiger partial charge is 0.126 e. The van der Waals surface area contributed by atoms with Crippen LogP contribution in [-0.4, -0.2) is 16.0 Å². The number of benzene rings is 3. The Morgan fingerprint density at radius 3 is 1.50 bits per heavy atom. The molecular formula is C27H31Br3F2. The van der Waals surface area contributed by atoms with Gasteiger partial charge in [-0.05, 0) is 73.4 Å². The highest BCUT2D eigenvalue weighted by Crippen LogP contribution is 2.09. The zero-order valence-electron chi connectivity index (χ0n) is 18.3. The second-order valence-electron chi connectivity index (χ2n) is 7.08. The van der Waals surface area contributed by atoms with Gasteiger partial charge in [0.15, 0.2) is 0 Å². The predicted octanol–water partition coefficient (Wildman–Crippen LogP) is 9.32.